The minimum absolute atomic E-state index is 0.110. The van der Waals surface area contributed by atoms with Gasteiger partial charge in [0.1, 0.15) is 5.69 Å². The molecule has 24 heavy (non-hydrogen) atoms. The van der Waals surface area contributed by atoms with Crippen molar-refractivity contribution in [2.45, 2.75) is 6.43 Å². The Morgan fingerprint density at radius 3 is 2.33 bits per heavy atom. The number of carbonyl (C=O) groups excluding carboxylic acids is 1. The first-order valence-corrected chi connectivity index (χ1v) is 7.09. The van der Waals surface area contributed by atoms with Crippen LogP contribution in [0.4, 0.5) is 20.2 Å². The van der Waals surface area contributed by atoms with E-state index in [0.717, 1.165) is 0 Å². The molecule has 3 aromatic rings. The number of nitrogen functional groups attached to an aromatic ring is 2. The van der Waals surface area contributed by atoms with Crippen molar-refractivity contribution < 1.29 is 13.6 Å². The number of halogens is 2. The van der Waals surface area contributed by atoms with Gasteiger partial charge in [0.2, 0.25) is 5.78 Å². The number of ketones is 1. The van der Waals surface area contributed by atoms with Crippen LogP contribution < -0.4 is 11.5 Å². The first-order valence-electron chi connectivity index (χ1n) is 7.09. The third-order valence-corrected chi connectivity index (χ3v) is 3.69. The molecular weight excluding hydrogens is 314 g/mol. The lowest BCUT2D eigenvalue weighted by Crippen LogP contribution is -2.11. The summed E-state index contributed by atoms with van der Waals surface area (Å²) < 4.78 is 27.1. The lowest BCUT2D eigenvalue weighted by molar-refractivity contribution is 0.102. The van der Waals surface area contributed by atoms with Crippen LogP contribution in [0.25, 0.3) is 11.1 Å². The molecule has 0 bridgehead atoms. The second kappa shape index (κ2) is 6.11. The van der Waals surface area contributed by atoms with E-state index in [4.69, 9.17) is 11.5 Å². The number of aromatic nitrogens is 2. The van der Waals surface area contributed by atoms with E-state index >= 15 is 0 Å². The van der Waals surface area contributed by atoms with Gasteiger partial charge in [-0.25, -0.2) is 8.78 Å². The zero-order chi connectivity index (χ0) is 17.3. The highest BCUT2D eigenvalue weighted by molar-refractivity contribution is 6.13. The zero-order valence-electron chi connectivity index (χ0n) is 12.5. The molecule has 0 aliphatic carbocycles. The molecule has 0 amide bonds. The second-order valence-electron chi connectivity index (χ2n) is 5.21. The van der Waals surface area contributed by atoms with E-state index in [-0.39, 0.29) is 16.9 Å². The van der Waals surface area contributed by atoms with E-state index in [2.05, 4.69) is 10.2 Å². The summed E-state index contributed by atoms with van der Waals surface area (Å²) in [5.74, 6) is -0.595. The van der Waals surface area contributed by atoms with Gasteiger partial charge in [0.25, 0.3) is 6.43 Å². The standard InChI is InChI=1S/C17H14F2N4O/c18-17(19)15-12(21)6-5-11(9-1-3-10(20)4-2-9)14(15)16(24)13-7-8-22-23-13/h1-8,17H,20-21H2,(H,22,23). The highest BCUT2D eigenvalue weighted by atomic mass is 19.3. The molecule has 5 nitrogen and oxygen atoms in total. The van der Waals surface area contributed by atoms with Crippen LogP contribution in [-0.2, 0) is 0 Å². The summed E-state index contributed by atoms with van der Waals surface area (Å²) in [6.07, 6.45) is -1.51. The minimum atomic E-state index is -2.89. The number of benzene rings is 2. The molecule has 2 aromatic carbocycles. The Morgan fingerprint density at radius 1 is 1.04 bits per heavy atom. The Kier molecular flexibility index (Phi) is 3.99. The first-order chi connectivity index (χ1) is 11.5. The number of nitrogens with zero attached hydrogens (tertiary/aromatic N) is 1. The number of rotatable bonds is 4. The largest absolute Gasteiger partial charge is 0.399 e. The molecule has 5 N–H and O–H groups in total. The van der Waals surface area contributed by atoms with Gasteiger partial charge in [-0.3, -0.25) is 9.89 Å². The molecule has 0 fully saturated rings. The smallest absolute Gasteiger partial charge is 0.266 e. The van der Waals surface area contributed by atoms with Crippen molar-refractivity contribution in [2.24, 2.45) is 0 Å². The maximum absolute atomic E-state index is 13.6. The van der Waals surface area contributed by atoms with Crippen molar-refractivity contribution in [1.82, 2.24) is 10.2 Å². The third-order valence-electron chi connectivity index (χ3n) is 3.69. The first kappa shape index (κ1) is 15.7. The number of aromatic amines is 1. The molecule has 3 rings (SSSR count). The lowest BCUT2D eigenvalue weighted by atomic mass is 9.90. The van der Waals surface area contributed by atoms with E-state index in [1.54, 1.807) is 30.3 Å². The summed E-state index contributed by atoms with van der Waals surface area (Å²) in [7, 11) is 0. The van der Waals surface area contributed by atoms with Crippen molar-refractivity contribution in [2.75, 3.05) is 11.5 Å². The van der Waals surface area contributed by atoms with Gasteiger partial charge < -0.3 is 11.5 Å². The van der Waals surface area contributed by atoms with E-state index in [1.807, 2.05) is 0 Å². The van der Waals surface area contributed by atoms with E-state index in [0.29, 0.717) is 16.8 Å². The minimum Gasteiger partial charge on any atom is -0.399 e. The Balaban J connectivity index is 2.27. The molecule has 122 valence electrons. The van der Waals surface area contributed by atoms with E-state index < -0.39 is 17.8 Å². The van der Waals surface area contributed by atoms with Gasteiger partial charge in [-0.15, -0.1) is 0 Å². The zero-order valence-corrected chi connectivity index (χ0v) is 12.5. The van der Waals surface area contributed by atoms with Crippen LogP contribution in [0.1, 0.15) is 28.0 Å². The van der Waals surface area contributed by atoms with Crippen LogP contribution in [-0.4, -0.2) is 16.0 Å². The molecular formula is C17H14F2N4O. The Bertz CT molecular complexity index is 874. The van der Waals surface area contributed by atoms with Gasteiger partial charge in [-0.05, 0) is 35.4 Å². The fraction of sp³-hybridized carbons (Fsp3) is 0.0588. The summed E-state index contributed by atoms with van der Waals surface area (Å²) in [6, 6.07) is 11.0. The van der Waals surface area contributed by atoms with Gasteiger partial charge in [0.15, 0.2) is 0 Å². The Hall–Kier alpha value is -3.22. The average Bonchev–Trinajstić information content (AvgIpc) is 3.09. The number of hydrogen-bond donors (Lipinski definition) is 3. The summed E-state index contributed by atoms with van der Waals surface area (Å²) in [5.41, 5.74) is 12.2. The Morgan fingerprint density at radius 2 is 1.75 bits per heavy atom. The fourth-order valence-electron chi connectivity index (χ4n) is 2.54. The second-order valence-corrected chi connectivity index (χ2v) is 5.21. The van der Waals surface area contributed by atoms with Crippen molar-refractivity contribution in [3.8, 4) is 11.1 Å². The van der Waals surface area contributed by atoms with Gasteiger partial charge in [0, 0.05) is 23.1 Å². The van der Waals surface area contributed by atoms with E-state index in [9.17, 15) is 13.6 Å². The average molecular weight is 328 g/mol. The van der Waals surface area contributed by atoms with Crippen LogP contribution >= 0.6 is 0 Å². The molecule has 7 heteroatoms. The molecule has 0 aliphatic rings. The maximum atomic E-state index is 13.6. The quantitative estimate of drug-likeness (QED) is 0.505. The van der Waals surface area contributed by atoms with Crippen LogP contribution in [0, 0.1) is 0 Å². The number of H-pyrrole nitrogens is 1. The number of nitrogens with one attached hydrogen (secondary N) is 1. The van der Waals surface area contributed by atoms with Crippen molar-refractivity contribution in [1.29, 1.82) is 0 Å². The number of carbonyl (C=O) groups is 1. The highest BCUT2D eigenvalue weighted by Crippen LogP contribution is 2.37. The third kappa shape index (κ3) is 2.71. The number of nitrogens with two attached hydrogens (primary N) is 2. The van der Waals surface area contributed by atoms with Crippen LogP contribution in [0.3, 0.4) is 0 Å². The van der Waals surface area contributed by atoms with Crippen LogP contribution in [0.15, 0.2) is 48.7 Å². The van der Waals surface area contributed by atoms with Crippen molar-refractivity contribution in [3.05, 3.63) is 65.5 Å². The number of hydrogen-bond acceptors (Lipinski definition) is 4. The van der Waals surface area contributed by atoms with Crippen LogP contribution in [0.5, 0.6) is 0 Å². The molecule has 1 aromatic heterocycles. The summed E-state index contributed by atoms with van der Waals surface area (Å²) in [6.45, 7) is 0. The fourth-order valence-corrected chi connectivity index (χ4v) is 2.54. The number of alkyl halides is 2. The molecule has 0 saturated heterocycles. The normalized spacial score (nSPS) is 11.0. The molecule has 1 heterocycles. The summed E-state index contributed by atoms with van der Waals surface area (Å²) >= 11 is 0. The highest BCUT2D eigenvalue weighted by Gasteiger charge is 2.26. The molecule has 0 saturated carbocycles. The molecule has 0 spiro atoms. The van der Waals surface area contributed by atoms with Crippen molar-refractivity contribution in [3.63, 3.8) is 0 Å². The SMILES string of the molecule is Nc1ccc(-c2ccc(N)c(C(F)F)c2C(=O)c2ccn[nH]2)cc1. The van der Waals surface area contributed by atoms with Crippen molar-refractivity contribution >= 4 is 17.2 Å². The van der Waals surface area contributed by atoms with Gasteiger partial charge in [0.05, 0.1) is 5.56 Å². The molecule has 0 radical (unpaired) electrons. The molecule has 0 aliphatic heterocycles. The molecule has 0 atom stereocenters. The summed E-state index contributed by atoms with van der Waals surface area (Å²) in [4.78, 5) is 12.8. The van der Waals surface area contributed by atoms with E-state index in [1.165, 1.54) is 18.3 Å². The predicted octanol–water partition coefficient (Wildman–Crippen LogP) is 3.41. The molecule has 0 unspecified atom stereocenters. The maximum Gasteiger partial charge on any atom is 0.266 e. The van der Waals surface area contributed by atoms with Crippen LogP contribution in [0.2, 0.25) is 0 Å². The monoisotopic (exact) mass is 328 g/mol. The summed E-state index contributed by atoms with van der Waals surface area (Å²) in [5, 5.41) is 6.20. The predicted molar refractivity (Wildman–Crippen MR) is 87.7 cm³/mol. The Labute approximate surface area is 136 Å². The van der Waals surface area contributed by atoms with Gasteiger partial charge in [-0.1, -0.05) is 18.2 Å². The topological polar surface area (TPSA) is 97.8 Å². The van der Waals surface area contributed by atoms with Gasteiger partial charge >= 0.3 is 0 Å². The van der Waals surface area contributed by atoms with Gasteiger partial charge in [-0.2, -0.15) is 5.10 Å². The lowest BCUT2D eigenvalue weighted by Gasteiger charge is -2.16. The number of anilines is 2.